The van der Waals surface area contributed by atoms with E-state index in [2.05, 4.69) is 11.8 Å². The highest BCUT2D eigenvalue weighted by Gasteiger charge is 2.94. The molecule has 0 aromatic heterocycles. The van der Waals surface area contributed by atoms with Crippen LogP contribution < -0.4 is 4.90 Å². The third kappa shape index (κ3) is 3.64. The van der Waals surface area contributed by atoms with Crippen LogP contribution in [0.2, 0.25) is 0 Å². The van der Waals surface area contributed by atoms with Gasteiger partial charge in [0.2, 0.25) is 11.8 Å². The molecule has 2 amide bonds. The first kappa shape index (κ1) is 33.4. The van der Waals surface area contributed by atoms with Gasteiger partial charge in [-0.15, -0.1) is 0 Å². The molecule has 3 saturated heterocycles. The fourth-order valence-electron chi connectivity index (χ4n) is 13.9. The minimum atomic E-state index is -0.820. The molecule has 0 N–H and O–H groups in total. The summed E-state index contributed by atoms with van der Waals surface area (Å²) < 4.78 is 46.5. The number of anilines is 1. The molecular weight excluding hydrogens is 644 g/mol. The number of imide groups is 1. The number of carbonyl (C=O) groups excluding carboxylic acids is 3. The second kappa shape index (κ2) is 11.3. The number of hydrogen-bond acceptors (Lipinski definition) is 11. The third-order valence-electron chi connectivity index (χ3n) is 15.1. The zero-order valence-electron chi connectivity index (χ0n) is 29.9. The Balaban J connectivity index is 1.16. The van der Waals surface area contributed by atoms with Crippen molar-refractivity contribution in [2.45, 2.75) is 87.6 Å². The van der Waals surface area contributed by atoms with E-state index in [1.54, 1.807) is 45.4 Å². The minimum absolute atomic E-state index is 0.0457. The van der Waals surface area contributed by atoms with Crippen molar-refractivity contribution in [3.05, 3.63) is 29.8 Å². The van der Waals surface area contributed by atoms with Gasteiger partial charge in [0.1, 0.15) is 18.0 Å². The summed E-state index contributed by atoms with van der Waals surface area (Å²) in [5.41, 5.74) is -1.91. The number of benzene rings is 1. The van der Waals surface area contributed by atoms with Gasteiger partial charge < -0.3 is 33.2 Å². The van der Waals surface area contributed by atoms with Gasteiger partial charge in [0.05, 0.1) is 48.3 Å². The topological polar surface area (TPSA) is 122 Å². The van der Waals surface area contributed by atoms with Crippen LogP contribution in [-0.2, 0) is 42.7 Å². The first-order valence-electron chi connectivity index (χ1n) is 18.4. The predicted molar refractivity (Wildman–Crippen MR) is 177 cm³/mol. The Morgan fingerprint density at radius 3 is 2.52 bits per heavy atom. The summed E-state index contributed by atoms with van der Waals surface area (Å²) in [5.74, 6) is -1.22. The van der Waals surface area contributed by atoms with Crippen molar-refractivity contribution in [1.29, 1.82) is 0 Å². The van der Waals surface area contributed by atoms with E-state index in [0.717, 1.165) is 30.7 Å². The van der Waals surface area contributed by atoms with Gasteiger partial charge in [0.25, 0.3) is 0 Å². The number of piperidine rings is 1. The van der Waals surface area contributed by atoms with Crippen molar-refractivity contribution in [1.82, 2.24) is 4.90 Å². The van der Waals surface area contributed by atoms with Gasteiger partial charge in [0.15, 0.2) is 0 Å². The molecule has 5 aliphatic carbocycles. The second-order valence-corrected chi connectivity index (χ2v) is 16.3. The molecule has 4 unspecified atom stereocenters. The molecule has 14 atom stereocenters. The molecule has 12 nitrogen and oxygen atoms in total. The van der Waals surface area contributed by atoms with Crippen LogP contribution in [0, 0.1) is 40.4 Å². The monoisotopic (exact) mass is 694 g/mol. The van der Waals surface area contributed by atoms with E-state index < -0.39 is 33.9 Å². The normalized spacial score (nSPS) is 48.3. The number of fused-ring (bicyclic) bond motifs is 1. The highest BCUT2D eigenvalue weighted by Crippen LogP contribution is 2.82. The van der Waals surface area contributed by atoms with Gasteiger partial charge in [-0.25, -0.2) is 9.69 Å². The number of rotatable bonds is 9. The summed E-state index contributed by atoms with van der Waals surface area (Å²) in [5, 5.41) is 0. The summed E-state index contributed by atoms with van der Waals surface area (Å²) in [6.45, 7) is 5.73. The van der Waals surface area contributed by atoms with Crippen molar-refractivity contribution < 1.29 is 47.5 Å². The number of carbonyl (C=O) groups is 3. The van der Waals surface area contributed by atoms with Gasteiger partial charge in [0, 0.05) is 82.3 Å². The maximum atomic E-state index is 14.2. The molecule has 272 valence electrons. The lowest BCUT2D eigenvalue weighted by Crippen LogP contribution is -2.81. The van der Waals surface area contributed by atoms with E-state index in [1.807, 2.05) is 14.2 Å². The van der Waals surface area contributed by atoms with Crippen LogP contribution in [0.3, 0.4) is 0 Å². The van der Waals surface area contributed by atoms with E-state index >= 15 is 0 Å². The van der Waals surface area contributed by atoms with Crippen LogP contribution in [0.1, 0.15) is 56.3 Å². The zero-order chi connectivity index (χ0) is 35.0. The van der Waals surface area contributed by atoms with E-state index in [9.17, 15) is 14.4 Å². The van der Waals surface area contributed by atoms with Crippen LogP contribution in [0.15, 0.2) is 24.3 Å². The lowest BCUT2D eigenvalue weighted by Gasteiger charge is -2.70. The van der Waals surface area contributed by atoms with Gasteiger partial charge in [-0.1, -0.05) is 26.0 Å². The molecule has 1 aromatic carbocycles. The Morgan fingerprint density at radius 1 is 1.04 bits per heavy atom. The number of hydrogen-bond donors (Lipinski definition) is 0. The van der Waals surface area contributed by atoms with Crippen LogP contribution in [-0.4, -0.2) is 119 Å². The molecule has 7 bridgehead atoms. The quantitative estimate of drug-likeness (QED) is 0.280. The van der Waals surface area contributed by atoms with Crippen molar-refractivity contribution in [2.24, 2.45) is 40.4 Å². The number of ether oxygens (including phenoxy) is 7. The second-order valence-electron chi connectivity index (χ2n) is 16.3. The molecule has 12 heteroatoms. The summed E-state index contributed by atoms with van der Waals surface area (Å²) in [6.07, 6.45) is 2.77. The highest BCUT2D eigenvalue weighted by molar-refractivity contribution is 6.22. The molecule has 0 radical (unpaired) electrons. The maximum absolute atomic E-state index is 14.2. The Hall–Kier alpha value is -2.45. The highest BCUT2D eigenvalue weighted by atomic mass is 16.7. The number of amides is 2. The molecule has 1 aromatic rings. The van der Waals surface area contributed by atoms with Crippen molar-refractivity contribution in [2.75, 3.05) is 59.8 Å². The summed E-state index contributed by atoms with van der Waals surface area (Å²) >= 11 is 0. The Kier molecular flexibility index (Phi) is 7.53. The standard InChI is InChI=1S/C38H50N2O10/c1-7-39-17-35(18-48-33(43)21-10-8-9-11-24(21)40-27(41)14-20(2)32(40)42)13-12-26(45-4)37-23-15-22-25(44-3)16-36(28(23)29(22)46-5)38(34(37)39,50-19-49-36)31(47-6)30(35)37/h8-11,20,22-23,25-26,28-31,34H,7,12-19H2,1-6H3/t20?,22-,23-,25+,26+,28-,29?,30-,31+,34?,35+,36-,37+,38?/m1/s1. The van der Waals surface area contributed by atoms with Crippen molar-refractivity contribution in [3.8, 4) is 0 Å². The number of esters is 1. The number of likely N-dealkylation sites (N-methyl/N-ethyl adjacent to an activating group) is 1. The minimum Gasteiger partial charge on any atom is -0.461 e. The Labute approximate surface area is 293 Å². The molecular formula is C38H50N2O10. The largest absolute Gasteiger partial charge is 0.461 e. The molecule has 3 heterocycles. The average Bonchev–Trinajstić information content (AvgIpc) is 3.78. The van der Waals surface area contributed by atoms with E-state index in [4.69, 9.17) is 33.2 Å². The van der Waals surface area contributed by atoms with E-state index in [-0.39, 0.29) is 97.0 Å². The molecule has 3 aliphatic heterocycles. The summed E-state index contributed by atoms with van der Waals surface area (Å²) in [7, 11) is 7.24. The van der Waals surface area contributed by atoms with Crippen LogP contribution in [0.25, 0.3) is 0 Å². The van der Waals surface area contributed by atoms with Crippen molar-refractivity contribution in [3.63, 3.8) is 0 Å². The lowest BCUT2D eigenvalue weighted by atomic mass is 9.42. The number of methoxy groups -OCH3 is 4. The van der Waals surface area contributed by atoms with Gasteiger partial charge in [-0.3, -0.25) is 14.5 Å². The number of nitrogens with zero attached hydrogens (tertiary/aromatic N) is 2. The molecule has 50 heavy (non-hydrogen) atoms. The Bertz CT molecular complexity index is 1610. The maximum Gasteiger partial charge on any atom is 0.340 e. The smallest absolute Gasteiger partial charge is 0.340 e. The van der Waals surface area contributed by atoms with E-state index in [0.29, 0.717) is 13.0 Å². The molecule has 9 rings (SSSR count). The first-order valence-corrected chi connectivity index (χ1v) is 18.4. The van der Waals surface area contributed by atoms with Gasteiger partial charge >= 0.3 is 5.97 Å². The number of likely N-dealkylation sites (tertiary alicyclic amines) is 1. The first-order chi connectivity index (χ1) is 24.1. The van der Waals surface area contributed by atoms with Gasteiger partial charge in [-0.2, -0.15) is 0 Å². The molecule has 3 spiro atoms. The molecule has 5 saturated carbocycles. The summed E-state index contributed by atoms with van der Waals surface area (Å²) in [4.78, 5) is 43.8. The van der Waals surface area contributed by atoms with Crippen LogP contribution >= 0.6 is 0 Å². The fourth-order valence-corrected chi connectivity index (χ4v) is 13.9. The number of para-hydroxylation sites is 1. The third-order valence-corrected chi connectivity index (χ3v) is 15.1. The molecule has 8 fully saturated rings. The van der Waals surface area contributed by atoms with Crippen molar-refractivity contribution >= 4 is 23.5 Å². The van der Waals surface area contributed by atoms with Crippen LogP contribution in [0.4, 0.5) is 5.69 Å². The average molecular weight is 695 g/mol. The Morgan fingerprint density at radius 2 is 1.84 bits per heavy atom. The fraction of sp³-hybridized carbons (Fsp3) is 0.763. The SMILES string of the molecule is CCN1C[C@]2(COC(=O)c3ccccc3N3C(=O)CC(C)C3=O)CC[C@H](OC)[C@@]34C1C1(OCO[C@@]15C[C@H](OC)[C@H]1C[C@@H]3[C@@H]5C1OC)[C@@H](OC)[C@H]24. The zero-order valence-corrected chi connectivity index (χ0v) is 29.9. The molecule has 8 aliphatic rings. The summed E-state index contributed by atoms with van der Waals surface area (Å²) in [6, 6.07) is 6.72. The van der Waals surface area contributed by atoms with Gasteiger partial charge in [-0.05, 0) is 43.9 Å². The lowest BCUT2D eigenvalue weighted by molar-refractivity contribution is -0.286. The van der Waals surface area contributed by atoms with E-state index in [1.165, 1.54) is 0 Å². The predicted octanol–water partition coefficient (Wildman–Crippen LogP) is 3.05. The van der Waals surface area contributed by atoms with Crippen LogP contribution in [0.5, 0.6) is 0 Å².